The van der Waals surface area contributed by atoms with E-state index in [1.807, 2.05) is 6.92 Å². The van der Waals surface area contributed by atoms with Gasteiger partial charge in [-0.1, -0.05) is 11.6 Å². The molecule has 4 nitrogen and oxygen atoms in total. The monoisotopic (exact) mass is 357 g/mol. The molecule has 23 heavy (non-hydrogen) atoms. The summed E-state index contributed by atoms with van der Waals surface area (Å²) in [5, 5.41) is 3.54. The van der Waals surface area contributed by atoms with Gasteiger partial charge in [-0.05, 0) is 43.3 Å². The summed E-state index contributed by atoms with van der Waals surface area (Å²) in [6.45, 7) is 1.81. The van der Waals surface area contributed by atoms with E-state index in [1.54, 1.807) is 18.2 Å². The molecule has 0 radical (unpaired) electrons. The Labute approximate surface area is 140 Å². The van der Waals surface area contributed by atoms with Crippen LogP contribution in [-0.4, -0.2) is 21.8 Å². The molecule has 0 fully saturated rings. The van der Waals surface area contributed by atoms with Crippen molar-refractivity contribution in [2.45, 2.75) is 17.9 Å². The Kier molecular flexibility index (Phi) is 5.16. The van der Waals surface area contributed by atoms with E-state index < -0.39 is 15.7 Å². The number of rotatable bonds is 5. The maximum atomic E-state index is 13.5. The van der Waals surface area contributed by atoms with Crippen LogP contribution < -0.4 is 10.1 Å². The molecular weight excluding hydrogens is 341 g/mol. The molecule has 2 rings (SSSR count). The molecule has 1 atom stereocenters. The minimum Gasteiger partial charge on any atom is -0.496 e. The molecule has 0 heterocycles. The van der Waals surface area contributed by atoms with Gasteiger partial charge in [0.05, 0.1) is 23.7 Å². The fourth-order valence-corrected chi connectivity index (χ4v) is 3.31. The van der Waals surface area contributed by atoms with E-state index in [4.69, 9.17) is 16.3 Å². The van der Waals surface area contributed by atoms with Gasteiger partial charge in [0.1, 0.15) is 11.6 Å². The van der Waals surface area contributed by atoms with Crippen LogP contribution in [0.15, 0.2) is 41.3 Å². The highest BCUT2D eigenvalue weighted by Crippen LogP contribution is 2.32. The highest BCUT2D eigenvalue weighted by molar-refractivity contribution is 7.90. The molecule has 0 saturated heterocycles. The Morgan fingerprint density at radius 2 is 1.91 bits per heavy atom. The predicted molar refractivity (Wildman–Crippen MR) is 89.6 cm³/mol. The highest BCUT2D eigenvalue weighted by atomic mass is 35.5. The number of benzene rings is 2. The smallest absolute Gasteiger partial charge is 0.177 e. The zero-order chi connectivity index (χ0) is 17.2. The quantitative estimate of drug-likeness (QED) is 0.820. The summed E-state index contributed by atoms with van der Waals surface area (Å²) in [7, 11) is -1.96. The van der Waals surface area contributed by atoms with Crippen LogP contribution in [0.4, 0.5) is 10.1 Å². The Bertz CT molecular complexity index is 824. The minimum atomic E-state index is -3.49. The van der Waals surface area contributed by atoms with Gasteiger partial charge >= 0.3 is 0 Å². The van der Waals surface area contributed by atoms with Gasteiger partial charge in [-0.3, -0.25) is 0 Å². The summed E-state index contributed by atoms with van der Waals surface area (Å²) in [6.07, 6.45) is 1.08. The van der Waals surface area contributed by atoms with Crippen molar-refractivity contribution in [2.75, 3.05) is 18.7 Å². The lowest BCUT2D eigenvalue weighted by Gasteiger charge is -2.20. The first-order valence-electron chi connectivity index (χ1n) is 6.82. The lowest BCUT2D eigenvalue weighted by molar-refractivity contribution is 0.408. The second-order valence-corrected chi connectivity index (χ2v) is 7.59. The second kappa shape index (κ2) is 6.76. The highest BCUT2D eigenvalue weighted by Gasteiger charge is 2.18. The van der Waals surface area contributed by atoms with E-state index in [2.05, 4.69) is 5.32 Å². The number of anilines is 1. The summed E-state index contributed by atoms with van der Waals surface area (Å²) in [5.41, 5.74) is 0.936. The van der Waals surface area contributed by atoms with Crippen molar-refractivity contribution >= 4 is 27.1 Å². The van der Waals surface area contributed by atoms with Gasteiger partial charge in [-0.25, -0.2) is 12.8 Å². The van der Waals surface area contributed by atoms with Gasteiger partial charge < -0.3 is 10.1 Å². The molecule has 2 aromatic rings. The number of hydrogen-bond donors (Lipinski definition) is 1. The lowest BCUT2D eigenvalue weighted by Crippen LogP contribution is -2.12. The van der Waals surface area contributed by atoms with E-state index in [0.29, 0.717) is 10.8 Å². The van der Waals surface area contributed by atoms with Crippen molar-refractivity contribution in [2.24, 2.45) is 0 Å². The van der Waals surface area contributed by atoms with Crippen molar-refractivity contribution in [3.8, 4) is 5.75 Å². The Balaban J connectivity index is 2.43. The second-order valence-electron chi connectivity index (χ2n) is 5.16. The van der Waals surface area contributed by atoms with E-state index in [0.717, 1.165) is 24.0 Å². The third kappa shape index (κ3) is 4.14. The van der Waals surface area contributed by atoms with Crippen molar-refractivity contribution < 1.29 is 17.5 Å². The van der Waals surface area contributed by atoms with Gasteiger partial charge in [-0.2, -0.15) is 0 Å². The predicted octanol–water partition coefficient (Wildman–Crippen LogP) is 4.06. The molecule has 1 N–H and O–H groups in total. The van der Waals surface area contributed by atoms with E-state index in [9.17, 15) is 12.8 Å². The van der Waals surface area contributed by atoms with E-state index in [1.165, 1.54) is 13.2 Å². The molecule has 2 aromatic carbocycles. The van der Waals surface area contributed by atoms with Crippen molar-refractivity contribution in [1.82, 2.24) is 0 Å². The summed E-state index contributed by atoms with van der Waals surface area (Å²) in [5.74, 6) is 0.0804. The van der Waals surface area contributed by atoms with Gasteiger partial charge in [0, 0.05) is 16.8 Å². The molecule has 124 valence electrons. The molecule has 1 unspecified atom stereocenters. The number of methoxy groups -OCH3 is 1. The molecule has 0 aliphatic carbocycles. The average Bonchev–Trinajstić information content (AvgIpc) is 2.45. The van der Waals surface area contributed by atoms with E-state index >= 15 is 0 Å². The standard InChI is InChI=1S/C16H17ClFNO3S/c1-10(13-8-11(17)4-6-15(13)22-2)19-14-9-12(18)5-7-16(14)23(3,20)21/h4-10,19H,1-3H3. The molecule has 0 aliphatic heterocycles. The number of sulfone groups is 1. The first-order valence-corrected chi connectivity index (χ1v) is 9.09. The first kappa shape index (κ1) is 17.6. The number of ether oxygens (including phenoxy) is 1. The maximum Gasteiger partial charge on any atom is 0.177 e. The van der Waals surface area contributed by atoms with Gasteiger partial charge in [0.25, 0.3) is 0 Å². The van der Waals surface area contributed by atoms with Gasteiger partial charge in [0.2, 0.25) is 0 Å². The summed E-state index contributed by atoms with van der Waals surface area (Å²) in [6, 6.07) is 8.31. The normalized spacial score (nSPS) is 12.7. The minimum absolute atomic E-state index is 0.0340. The largest absolute Gasteiger partial charge is 0.496 e. The molecular formula is C16H17ClFNO3S. The van der Waals surface area contributed by atoms with Crippen LogP contribution in [0.25, 0.3) is 0 Å². The van der Waals surface area contributed by atoms with Gasteiger partial charge in [-0.15, -0.1) is 0 Å². The van der Waals surface area contributed by atoms with Crippen LogP contribution in [0.2, 0.25) is 5.02 Å². The van der Waals surface area contributed by atoms with Gasteiger partial charge in [0.15, 0.2) is 9.84 Å². The summed E-state index contributed by atoms with van der Waals surface area (Å²) >= 11 is 6.01. The molecule has 0 aromatic heterocycles. The zero-order valence-electron chi connectivity index (χ0n) is 12.9. The Morgan fingerprint density at radius 3 is 2.52 bits per heavy atom. The zero-order valence-corrected chi connectivity index (χ0v) is 14.5. The number of hydrogen-bond acceptors (Lipinski definition) is 4. The topological polar surface area (TPSA) is 55.4 Å². The molecule has 0 aliphatic rings. The first-order chi connectivity index (χ1) is 10.7. The Hall–Kier alpha value is -1.79. The summed E-state index contributed by atoms with van der Waals surface area (Å²) in [4.78, 5) is 0.0340. The molecule has 0 spiro atoms. The molecule has 0 bridgehead atoms. The van der Waals surface area contributed by atoms with Crippen LogP contribution in [0.1, 0.15) is 18.5 Å². The lowest BCUT2D eigenvalue weighted by atomic mass is 10.1. The van der Waals surface area contributed by atoms with Crippen molar-refractivity contribution in [3.63, 3.8) is 0 Å². The molecule has 0 saturated carbocycles. The fourth-order valence-electron chi connectivity index (χ4n) is 2.29. The van der Waals surface area contributed by atoms with Crippen LogP contribution in [0.5, 0.6) is 5.75 Å². The third-order valence-electron chi connectivity index (χ3n) is 3.37. The summed E-state index contributed by atoms with van der Waals surface area (Å²) < 4.78 is 42.5. The van der Waals surface area contributed by atoms with Crippen LogP contribution in [-0.2, 0) is 9.84 Å². The average molecular weight is 358 g/mol. The SMILES string of the molecule is COc1ccc(Cl)cc1C(C)Nc1cc(F)ccc1S(C)(=O)=O. The molecule has 7 heteroatoms. The van der Waals surface area contributed by atoms with Crippen LogP contribution in [0, 0.1) is 5.82 Å². The van der Waals surface area contributed by atoms with Crippen molar-refractivity contribution in [3.05, 3.63) is 52.8 Å². The van der Waals surface area contributed by atoms with Crippen molar-refractivity contribution in [1.29, 1.82) is 0 Å². The number of nitrogens with one attached hydrogen (secondary N) is 1. The number of halogens is 2. The fraction of sp³-hybridized carbons (Fsp3) is 0.250. The van der Waals surface area contributed by atoms with Crippen LogP contribution >= 0.6 is 11.6 Å². The molecule has 0 amide bonds. The van der Waals surface area contributed by atoms with Crippen LogP contribution in [0.3, 0.4) is 0 Å². The Morgan fingerprint density at radius 1 is 1.22 bits per heavy atom. The third-order valence-corrected chi connectivity index (χ3v) is 4.76. The maximum absolute atomic E-state index is 13.5. The van der Waals surface area contributed by atoms with E-state index in [-0.39, 0.29) is 16.6 Å².